The van der Waals surface area contributed by atoms with Crippen LogP contribution in [0.3, 0.4) is 0 Å². The second-order valence-corrected chi connectivity index (χ2v) is 15.2. The van der Waals surface area contributed by atoms with E-state index in [-0.39, 0.29) is 6.42 Å². The summed E-state index contributed by atoms with van der Waals surface area (Å²) in [6.07, 6.45) is 35.2. The number of hydrogen-bond donors (Lipinski definition) is 4. The van der Waals surface area contributed by atoms with Gasteiger partial charge in [0.05, 0.1) is 17.9 Å². The van der Waals surface area contributed by atoms with Crippen LogP contribution in [0.15, 0.2) is 12.2 Å². The van der Waals surface area contributed by atoms with E-state index in [4.69, 9.17) is 0 Å². The number of carbonyl (C=O) groups is 1. The van der Waals surface area contributed by atoms with Crippen LogP contribution in [-0.2, 0) is 14.9 Å². The van der Waals surface area contributed by atoms with Crippen LogP contribution in [0.4, 0.5) is 0 Å². The van der Waals surface area contributed by atoms with Gasteiger partial charge in [0.2, 0.25) is 5.91 Å². The fourth-order valence-electron chi connectivity index (χ4n) is 6.04. The van der Waals surface area contributed by atoms with Gasteiger partial charge in [0.1, 0.15) is 6.10 Å². The number of rotatable bonds is 35. The highest BCUT2D eigenvalue weighted by molar-refractivity contribution is 7.85. The fraction of sp³-hybridized carbons (Fsp3) is 0.921. The van der Waals surface area contributed by atoms with E-state index < -0.39 is 40.0 Å². The maximum absolute atomic E-state index is 12.5. The van der Waals surface area contributed by atoms with Crippen molar-refractivity contribution in [3.63, 3.8) is 0 Å². The molecule has 0 bridgehead atoms. The van der Waals surface area contributed by atoms with E-state index in [1.165, 1.54) is 122 Å². The Kier molecular flexibility index (Phi) is 31.9. The van der Waals surface area contributed by atoms with Gasteiger partial charge >= 0.3 is 0 Å². The van der Waals surface area contributed by atoms with Crippen LogP contribution in [0.5, 0.6) is 0 Å². The highest BCUT2D eigenvalue weighted by atomic mass is 32.2. The molecule has 0 aliphatic rings. The molecule has 0 radical (unpaired) electrons. The standard InChI is InChI=1S/C38H75NO6S/c1-3-5-7-9-11-13-15-17-18-19-20-21-23-24-26-28-30-32-36(40)35(34-46(43,44)45)39-38(42)37(41)33-31-29-27-25-22-16-14-12-10-8-6-4-2/h22,25,35-37,40-41H,3-21,23-24,26-34H2,1-2H3,(H,39,42)(H,43,44,45)/b25-22-. The van der Waals surface area contributed by atoms with Crippen molar-refractivity contribution in [3.8, 4) is 0 Å². The summed E-state index contributed by atoms with van der Waals surface area (Å²) in [4.78, 5) is 12.5. The summed E-state index contributed by atoms with van der Waals surface area (Å²) < 4.78 is 32.5. The lowest BCUT2D eigenvalue weighted by Gasteiger charge is -2.24. The van der Waals surface area contributed by atoms with Crippen LogP contribution in [0, 0.1) is 0 Å². The van der Waals surface area contributed by atoms with E-state index in [1.807, 2.05) is 0 Å². The van der Waals surface area contributed by atoms with Crippen molar-refractivity contribution in [2.24, 2.45) is 0 Å². The van der Waals surface area contributed by atoms with Crippen molar-refractivity contribution in [1.29, 1.82) is 0 Å². The molecular formula is C38H75NO6S. The zero-order chi connectivity index (χ0) is 34.1. The number of aliphatic hydroxyl groups is 2. The van der Waals surface area contributed by atoms with Gasteiger partial charge in [0.15, 0.2) is 0 Å². The first-order valence-corrected chi connectivity index (χ1v) is 21.1. The predicted octanol–water partition coefficient (Wildman–Crippen LogP) is 9.99. The SMILES string of the molecule is CCCCCCCC/C=C\CCCCC(O)C(=O)NC(CS(=O)(=O)O)C(O)CCCCCCCCCCCCCCCCCCC. The van der Waals surface area contributed by atoms with Crippen LogP contribution in [0.25, 0.3) is 0 Å². The first-order valence-electron chi connectivity index (χ1n) is 19.5. The molecule has 274 valence electrons. The van der Waals surface area contributed by atoms with Gasteiger partial charge in [-0.3, -0.25) is 9.35 Å². The number of amides is 1. The molecule has 0 fully saturated rings. The summed E-state index contributed by atoms with van der Waals surface area (Å²) in [5.74, 6) is -1.47. The van der Waals surface area contributed by atoms with E-state index in [2.05, 4.69) is 31.3 Å². The minimum atomic E-state index is -4.41. The van der Waals surface area contributed by atoms with E-state index in [9.17, 15) is 28.0 Å². The summed E-state index contributed by atoms with van der Waals surface area (Å²) in [6, 6.07) is -1.15. The van der Waals surface area contributed by atoms with Crippen LogP contribution < -0.4 is 5.32 Å². The van der Waals surface area contributed by atoms with Crippen molar-refractivity contribution >= 4 is 16.0 Å². The number of allylic oxidation sites excluding steroid dienone is 2. The van der Waals surface area contributed by atoms with E-state index in [0.717, 1.165) is 38.5 Å². The predicted molar refractivity (Wildman–Crippen MR) is 195 cm³/mol. The number of hydrogen-bond acceptors (Lipinski definition) is 5. The van der Waals surface area contributed by atoms with Gasteiger partial charge < -0.3 is 15.5 Å². The summed E-state index contributed by atoms with van der Waals surface area (Å²) >= 11 is 0. The third-order valence-electron chi connectivity index (χ3n) is 9.08. The van der Waals surface area contributed by atoms with Crippen molar-refractivity contribution in [2.45, 2.75) is 218 Å². The van der Waals surface area contributed by atoms with Gasteiger partial charge in [-0.05, 0) is 38.5 Å². The molecule has 0 aromatic rings. The summed E-state index contributed by atoms with van der Waals surface area (Å²) in [5.41, 5.74) is 0. The lowest BCUT2D eigenvalue weighted by Crippen LogP contribution is -2.50. The molecule has 0 saturated carbocycles. The molecule has 4 N–H and O–H groups in total. The Balaban J connectivity index is 4.02. The summed E-state index contributed by atoms with van der Waals surface area (Å²) in [5, 5.41) is 23.4. The minimum Gasteiger partial charge on any atom is -0.391 e. The molecule has 3 atom stereocenters. The van der Waals surface area contributed by atoms with Gasteiger partial charge in [-0.15, -0.1) is 0 Å². The lowest BCUT2D eigenvalue weighted by molar-refractivity contribution is -0.131. The maximum Gasteiger partial charge on any atom is 0.266 e. The first-order chi connectivity index (χ1) is 22.2. The zero-order valence-electron chi connectivity index (χ0n) is 30.1. The summed E-state index contributed by atoms with van der Waals surface area (Å²) in [7, 11) is -4.41. The minimum absolute atomic E-state index is 0.269. The molecule has 1 amide bonds. The quantitative estimate of drug-likeness (QED) is 0.0302. The molecule has 0 heterocycles. The van der Waals surface area contributed by atoms with Gasteiger partial charge in [-0.1, -0.05) is 174 Å². The first kappa shape index (κ1) is 45.0. The Bertz CT molecular complexity index is 803. The van der Waals surface area contributed by atoms with Crippen molar-refractivity contribution < 1.29 is 28.0 Å². The summed E-state index contributed by atoms with van der Waals surface area (Å²) in [6.45, 7) is 4.49. The number of nitrogens with one attached hydrogen (secondary N) is 1. The molecule has 0 aromatic carbocycles. The topological polar surface area (TPSA) is 124 Å². The second kappa shape index (κ2) is 32.6. The zero-order valence-corrected chi connectivity index (χ0v) is 30.9. The van der Waals surface area contributed by atoms with E-state index in [1.54, 1.807) is 0 Å². The normalized spacial score (nSPS) is 14.1. The average molecular weight is 674 g/mol. The Morgan fingerprint density at radius 3 is 1.33 bits per heavy atom. The van der Waals surface area contributed by atoms with Gasteiger partial charge in [0, 0.05) is 0 Å². The van der Waals surface area contributed by atoms with Gasteiger partial charge in [0.25, 0.3) is 10.1 Å². The van der Waals surface area contributed by atoms with Crippen LogP contribution >= 0.6 is 0 Å². The van der Waals surface area contributed by atoms with E-state index >= 15 is 0 Å². The molecule has 8 heteroatoms. The Morgan fingerprint density at radius 1 is 0.565 bits per heavy atom. The molecule has 0 aromatic heterocycles. The molecule has 3 unspecified atom stereocenters. The molecule has 46 heavy (non-hydrogen) atoms. The molecule has 7 nitrogen and oxygen atoms in total. The lowest BCUT2D eigenvalue weighted by atomic mass is 10.0. The van der Waals surface area contributed by atoms with Crippen LogP contribution in [0.2, 0.25) is 0 Å². The third kappa shape index (κ3) is 31.6. The largest absolute Gasteiger partial charge is 0.391 e. The number of carbonyl (C=O) groups excluding carboxylic acids is 1. The molecular weight excluding hydrogens is 598 g/mol. The fourth-order valence-corrected chi connectivity index (χ4v) is 6.80. The monoisotopic (exact) mass is 674 g/mol. The Hall–Kier alpha value is -0.960. The van der Waals surface area contributed by atoms with Gasteiger partial charge in [-0.25, -0.2) is 0 Å². The number of unbranched alkanes of at least 4 members (excludes halogenated alkanes) is 24. The van der Waals surface area contributed by atoms with Gasteiger partial charge in [-0.2, -0.15) is 8.42 Å². The second-order valence-electron chi connectivity index (χ2n) is 13.7. The van der Waals surface area contributed by atoms with E-state index in [0.29, 0.717) is 19.3 Å². The Labute approximate surface area is 284 Å². The molecule has 0 aliphatic carbocycles. The number of aliphatic hydroxyl groups excluding tert-OH is 2. The van der Waals surface area contributed by atoms with Crippen molar-refractivity contribution in [3.05, 3.63) is 12.2 Å². The Morgan fingerprint density at radius 2 is 0.913 bits per heavy atom. The molecule has 0 aliphatic heterocycles. The third-order valence-corrected chi connectivity index (χ3v) is 9.86. The van der Waals surface area contributed by atoms with Crippen LogP contribution in [-0.4, -0.2) is 53.1 Å². The van der Waals surface area contributed by atoms with Crippen molar-refractivity contribution in [2.75, 3.05) is 5.75 Å². The van der Waals surface area contributed by atoms with Crippen molar-refractivity contribution in [1.82, 2.24) is 5.32 Å². The molecule has 0 spiro atoms. The molecule has 0 saturated heterocycles. The van der Waals surface area contributed by atoms with Crippen LogP contribution in [0.1, 0.15) is 200 Å². The average Bonchev–Trinajstić information content (AvgIpc) is 3.01. The smallest absolute Gasteiger partial charge is 0.266 e. The highest BCUT2D eigenvalue weighted by Crippen LogP contribution is 2.16. The highest BCUT2D eigenvalue weighted by Gasteiger charge is 2.28. The maximum atomic E-state index is 12.5. The molecule has 0 rings (SSSR count).